The van der Waals surface area contributed by atoms with Crippen LogP contribution < -0.4 is 15.6 Å². The molecule has 0 saturated heterocycles. The van der Waals surface area contributed by atoms with E-state index in [0.717, 1.165) is 16.3 Å². The van der Waals surface area contributed by atoms with Crippen molar-refractivity contribution >= 4 is 27.4 Å². The summed E-state index contributed by atoms with van der Waals surface area (Å²) in [5.41, 5.74) is 1.99. The molecule has 1 atom stereocenters. The summed E-state index contributed by atoms with van der Waals surface area (Å²) in [7, 11) is 0. The monoisotopic (exact) mass is 499 g/mol. The summed E-state index contributed by atoms with van der Waals surface area (Å²) in [5, 5.41) is 38.1. The first-order chi connectivity index (χ1) is 17.7. The maximum Gasteiger partial charge on any atom is 0.272 e. The quantitative estimate of drug-likeness (QED) is 0.236. The summed E-state index contributed by atoms with van der Waals surface area (Å²) in [5.74, 6) is 0.557. The molecular weight excluding hydrogens is 470 g/mol. The van der Waals surface area contributed by atoms with Crippen molar-refractivity contribution in [3.63, 3.8) is 0 Å². The second-order valence-corrected chi connectivity index (χ2v) is 9.51. The maximum atomic E-state index is 12.2. The zero-order valence-corrected chi connectivity index (χ0v) is 20.9. The molecule has 0 aliphatic rings. The molecule has 0 aliphatic carbocycles. The van der Waals surface area contributed by atoms with Crippen molar-refractivity contribution in [2.45, 2.75) is 39.1 Å². The van der Waals surface area contributed by atoms with Gasteiger partial charge in [0.15, 0.2) is 6.23 Å². The Morgan fingerprint density at radius 2 is 1.76 bits per heavy atom. The van der Waals surface area contributed by atoms with Crippen LogP contribution in [-0.4, -0.2) is 42.4 Å². The van der Waals surface area contributed by atoms with Crippen molar-refractivity contribution < 1.29 is 14.9 Å². The van der Waals surface area contributed by atoms with Gasteiger partial charge in [-0.05, 0) is 45.0 Å². The highest BCUT2D eigenvalue weighted by Crippen LogP contribution is 2.35. The van der Waals surface area contributed by atoms with Gasteiger partial charge in [0.25, 0.3) is 5.56 Å². The molecule has 2 aromatic heterocycles. The minimum atomic E-state index is -1.11. The molecule has 2 heterocycles. The van der Waals surface area contributed by atoms with Gasteiger partial charge in [-0.2, -0.15) is 10.2 Å². The zero-order chi connectivity index (χ0) is 26.2. The lowest BCUT2D eigenvalue weighted by Crippen LogP contribution is -2.26. The highest BCUT2D eigenvalue weighted by Gasteiger charge is 2.22. The number of hydrogen-bond donors (Lipinski definition) is 4. The van der Waals surface area contributed by atoms with Gasteiger partial charge < -0.3 is 20.3 Å². The van der Waals surface area contributed by atoms with E-state index in [-0.39, 0.29) is 12.1 Å². The lowest BCUT2D eigenvalue weighted by Gasteiger charge is -2.18. The Labute approximate surface area is 213 Å². The van der Waals surface area contributed by atoms with Crippen molar-refractivity contribution in [2.75, 3.05) is 11.9 Å². The van der Waals surface area contributed by atoms with Crippen LogP contribution in [0.4, 0.5) is 5.69 Å². The smallest absolute Gasteiger partial charge is 0.272 e. The van der Waals surface area contributed by atoms with E-state index in [4.69, 9.17) is 4.74 Å². The summed E-state index contributed by atoms with van der Waals surface area (Å²) < 4.78 is 7.63. The lowest BCUT2D eigenvalue weighted by molar-refractivity contribution is 0.0586. The van der Waals surface area contributed by atoms with Gasteiger partial charge in [-0.25, -0.2) is 5.10 Å². The summed E-state index contributed by atoms with van der Waals surface area (Å²) in [6.07, 6.45) is -1.11. The third-order valence-electron chi connectivity index (χ3n) is 6.02. The molecule has 4 N–H and O–H groups in total. The number of aliphatic hydroxyl groups excluding tert-OH is 1. The summed E-state index contributed by atoms with van der Waals surface area (Å²) >= 11 is 0. The van der Waals surface area contributed by atoms with E-state index < -0.39 is 11.8 Å². The first-order valence-corrected chi connectivity index (χ1v) is 12.1. The number of aromatic amines is 1. The molecular formula is C28H29N5O4. The first-order valence-electron chi connectivity index (χ1n) is 12.1. The number of aliphatic hydroxyl groups is 2. The van der Waals surface area contributed by atoms with Gasteiger partial charge in [0.05, 0.1) is 29.7 Å². The highest BCUT2D eigenvalue weighted by molar-refractivity contribution is 5.95. The Morgan fingerprint density at radius 1 is 1.05 bits per heavy atom. The number of H-pyrrole nitrogens is 1. The van der Waals surface area contributed by atoms with Crippen molar-refractivity contribution in [2.24, 2.45) is 0 Å². The zero-order valence-electron chi connectivity index (χ0n) is 20.9. The number of hydrogen-bond acceptors (Lipinski definition) is 7. The van der Waals surface area contributed by atoms with Gasteiger partial charge in [0.1, 0.15) is 17.1 Å². The predicted molar refractivity (Wildman–Crippen MR) is 144 cm³/mol. The van der Waals surface area contributed by atoms with E-state index in [1.807, 2.05) is 61.5 Å². The molecule has 5 rings (SSSR count). The highest BCUT2D eigenvalue weighted by atomic mass is 16.5. The van der Waals surface area contributed by atoms with Crippen LogP contribution in [-0.2, 0) is 6.54 Å². The molecule has 9 nitrogen and oxygen atoms in total. The topological polar surface area (TPSA) is 125 Å². The minimum Gasteiger partial charge on any atom is -0.493 e. The van der Waals surface area contributed by atoms with Crippen LogP contribution >= 0.6 is 0 Å². The molecule has 5 aromatic rings. The molecule has 0 amide bonds. The van der Waals surface area contributed by atoms with Crippen LogP contribution in [0.15, 0.2) is 71.5 Å². The van der Waals surface area contributed by atoms with Gasteiger partial charge in [-0.3, -0.25) is 9.48 Å². The molecule has 0 radical (unpaired) electrons. The van der Waals surface area contributed by atoms with Crippen LogP contribution in [0, 0.1) is 0 Å². The molecule has 0 bridgehead atoms. The summed E-state index contributed by atoms with van der Waals surface area (Å²) in [6, 6.07) is 20.3. The number of nitrogens with zero attached hydrogens (tertiary/aromatic N) is 3. The van der Waals surface area contributed by atoms with Crippen LogP contribution in [0.25, 0.3) is 32.9 Å². The minimum absolute atomic E-state index is 0.255. The Morgan fingerprint density at radius 3 is 2.49 bits per heavy atom. The van der Waals surface area contributed by atoms with Crippen molar-refractivity contribution in [1.82, 2.24) is 20.0 Å². The average Bonchev–Trinajstić information content (AvgIpc) is 3.22. The summed E-state index contributed by atoms with van der Waals surface area (Å²) in [6.45, 7) is 6.03. The normalized spacial score (nSPS) is 12.7. The molecule has 0 fully saturated rings. The average molecular weight is 500 g/mol. The van der Waals surface area contributed by atoms with E-state index in [1.54, 1.807) is 30.7 Å². The largest absolute Gasteiger partial charge is 0.493 e. The van der Waals surface area contributed by atoms with Gasteiger partial charge in [-0.15, -0.1) is 0 Å². The van der Waals surface area contributed by atoms with Crippen LogP contribution in [0.5, 0.6) is 5.75 Å². The molecule has 0 saturated carbocycles. The molecule has 190 valence electrons. The number of para-hydroxylation sites is 1. The SMILES string of the molecule is CCOc1cc(NC(O)c2nn(CC(C)(C)O)c3ccccc23)ccc1-c1n[nH]c(=O)c2ccccc12. The number of benzene rings is 3. The van der Waals surface area contributed by atoms with Crippen LogP contribution in [0.1, 0.15) is 32.7 Å². The number of nitrogens with one attached hydrogen (secondary N) is 2. The predicted octanol–water partition coefficient (Wildman–Crippen LogP) is 4.21. The van der Waals surface area contributed by atoms with E-state index in [1.165, 1.54) is 0 Å². The molecule has 37 heavy (non-hydrogen) atoms. The third kappa shape index (κ3) is 4.91. The molecule has 3 aromatic carbocycles. The fourth-order valence-corrected chi connectivity index (χ4v) is 4.47. The van der Waals surface area contributed by atoms with Crippen LogP contribution in [0.2, 0.25) is 0 Å². The van der Waals surface area contributed by atoms with Gasteiger partial charge in [-0.1, -0.05) is 36.4 Å². The van der Waals surface area contributed by atoms with Gasteiger partial charge in [0, 0.05) is 28.1 Å². The number of rotatable bonds is 8. The number of fused-ring (bicyclic) bond motifs is 2. The molecule has 0 aliphatic heterocycles. The number of anilines is 1. The van der Waals surface area contributed by atoms with Crippen molar-refractivity contribution in [3.8, 4) is 17.0 Å². The van der Waals surface area contributed by atoms with Crippen molar-refractivity contribution in [1.29, 1.82) is 0 Å². The first kappa shape index (κ1) is 24.5. The van der Waals surface area contributed by atoms with E-state index in [2.05, 4.69) is 20.6 Å². The van der Waals surface area contributed by atoms with E-state index in [0.29, 0.717) is 40.4 Å². The number of aromatic nitrogens is 4. The Bertz CT molecular complexity index is 1630. The standard InChI is InChI=1S/C28H29N5O4/c1-4-37-23-15-17(13-14-21(23)24-18-9-5-6-10-19(18)26(34)31-30-24)29-27(35)25-20-11-7-8-12-22(20)33(32-25)16-28(2,3)36/h5-15,27,29,35-36H,4,16H2,1-3H3,(H,31,34). The van der Waals surface area contributed by atoms with Crippen LogP contribution in [0.3, 0.4) is 0 Å². The Kier molecular flexibility index (Phi) is 6.41. The molecule has 9 heteroatoms. The fraction of sp³-hybridized carbons (Fsp3) is 0.250. The summed E-state index contributed by atoms with van der Waals surface area (Å²) in [4.78, 5) is 12.2. The number of ether oxygens (including phenoxy) is 1. The van der Waals surface area contributed by atoms with E-state index >= 15 is 0 Å². The van der Waals surface area contributed by atoms with Gasteiger partial charge >= 0.3 is 0 Å². The van der Waals surface area contributed by atoms with E-state index in [9.17, 15) is 15.0 Å². The van der Waals surface area contributed by atoms with Gasteiger partial charge in [0.2, 0.25) is 0 Å². The molecule has 1 unspecified atom stereocenters. The second-order valence-electron chi connectivity index (χ2n) is 9.51. The Balaban J connectivity index is 1.51. The fourth-order valence-electron chi connectivity index (χ4n) is 4.47. The van der Waals surface area contributed by atoms with Crippen molar-refractivity contribution in [3.05, 3.63) is 82.8 Å². The molecule has 0 spiro atoms. The maximum absolute atomic E-state index is 12.2. The lowest BCUT2D eigenvalue weighted by atomic mass is 10.0. The second kappa shape index (κ2) is 9.68. The third-order valence-corrected chi connectivity index (χ3v) is 6.02. The Hall–Kier alpha value is -4.21.